The van der Waals surface area contributed by atoms with E-state index in [4.69, 9.17) is 0 Å². The fourth-order valence-corrected chi connectivity index (χ4v) is 3.32. The van der Waals surface area contributed by atoms with Crippen LogP contribution in [0.5, 0.6) is 0 Å². The Morgan fingerprint density at radius 3 is 2.22 bits per heavy atom. The quantitative estimate of drug-likeness (QED) is 0.645. The Morgan fingerprint density at radius 2 is 1.56 bits per heavy atom. The van der Waals surface area contributed by atoms with Gasteiger partial charge < -0.3 is 5.32 Å². The third kappa shape index (κ3) is 5.45. The van der Waals surface area contributed by atoms with Gasteiger partial charge in [-0.25, -0.2) is 17.2 Å². The van der Waals surface area contributed by atoms with E-state index in [1.807, 2.05) is 30.3 Å². The van der Waals surface area contributed by atoms with Crippen LogP contribution in [0.15, 0.2) is 60.7 Å². The average Bonchev–Trinajstić information content (AvgIpc) is 2.65. The summed E-state index contributed by atoms with van der Waals surface area (Å²) in [7, 11) is -3.58. The smallest absolute Gasteiger partial charge is 0.234 e. The molecule has 2 aromatic carbocycles. The normalized spacial score (nSPS) is 11.2. The number of benzene rings is 2. The molecule has 0 aliphatic carbocycles. The maximum Gasteiger partial charge on any atom is 0.234 e. The van der Waals surface area contributed by atoms with Gasteiger partial charge in [0.25, 0.3) is 0 Å². The van der Waals surface area contributed by atoms with Gasteiger partial charge in [-0.1, -0.05) is 30.3 Å². The summed E-state index contributed by atoms with van der Waals surface area (Å²) in [5, 5.41) is 10.4. The summed E-state index contributed by atoms with van der Waals surface area (Å²) in [6.07, 6.45) is 0.374. The fourth-order valence-electron chi connectivity index (χ4n) is 2.28. The van der Waals surface area contributed by atoms with Gasteiger partial charge in [0.15, 0.2) is 23.3 Å². The Balaban J connectivity index is 1.60. The van der Waals surface area contributed by atoms with Crippen molar-refractivity contribution in [1.82, 2.24) is 10.2 Å². The predicted octanol–water partition coefficient (Wildman–Crippen LogP) is 3.48. The van der Waals surface area contributed by atoms with Gasteiger partial charge in [-0.2, -0.15) is 0 Å². The average molecular weight is 390 g/mol. The number of aryl methyl sites for hydroxylation is 1. The lowest BCUT2D eigenvalue weighted by Crippen LogP contribution is -2.19. The van der Waals surface area contributed by atoms with E-state index < -0.39 is 21.7 Å². The van der Waals surface area contributed by atoms with E-state index in [0.29, 0.717) is 12.1 Å². The van der Waals surface area contributed by atoms with E-state index in [0.717, 1.165) is 17.7 Å². The van der Waals surface area contributed by atoms with Gasteiger partial charge in [0.2, 0.25) is 10.0 Å². The van der Waals surface area contributed by atoms with E-state index >= 15 is 0 Å². The molecule has 0 aliphatic rings. The van der Waals surface area contributed by atoms with Crippen LogP contribution in [-0.2, 0) is 16.4 Å². The maximum absolute atomic E-state index is 13.2. The lowest BCUT2D eigenvalue weighted by atomic mass is 10.2. The van der Waals surface area contributed by atoms with E-state index in [-0.39, 0.29) is 17.4 Å². The molecule has 0 saturated heterocycles. The molecule has 0 amide bonds. The van der Waals surface area contributed by atoms with E-state index in [9.17, 15) is 17.2 Å². The minimum atomic E-state index is -3.58. The summed E-state index contributed by atoms with van der Waals surface area (Å²) in [6.45, 7) is 0. The molecule has 0 saturated carbocycles. The van der Waals surface area contributed by atoms with Crippen molar-refractivity contribution >= 4 is 27.3 Å². The Hall–Kier alpha value is -3.07. The van der Waals surface area contributed by atoms with E-state index in [1.165, 1.54) is 18.2 Å². The van der Waals surface area contributed by atoms with E-state index in [1.54, 1.807) is 0 Å². The summed E-state index contributed by atoms with van der Waals surface area (Å²) in [6, 6.07) is 15.5. The van der Waals surface area contributed by atoms with Gasteiger partial charge >= 0.3 is 0 Å². The molecule has 1 heterocycles. The molecule has 0 spiro atoms. The molecule has 9 heteroatoms. The van der Waals surface area contributed by atoms with Crippen LogP contribution in [0.2, 0.25) is 0 Å². The number of hydrogen-bond donors (Lipinski definition) is 2. The molecule has 1 aromatic heterocycles. The van der Waals surface area contributed by atoms with Gasteiger partial charge in [-0.05, 0) is 36.2 Å². The molecule has 6 nitrogen and oxygen atoms in total. The molecular weight excluding hydrogens is 374 g/mol. The number of hydrogen-bond acceptors (Lipinski definition) is 5. The molecule has 140 valence electrons. The first-order valence-corrected chi connectivity index (χ1v) is 9.67. The van der Waals surface area contributed by atoms with Crippen molar-refractivity contribution in [2.24, 2.45) is 0 Å². The standard InChI is InChI=1S/C18H16F2N4O2S/c19-15-7-6-14(12-16(15)20)21-17-8-9-18(23-22-17)24-27(25,26)11-10-13-4-2-1-3-5-13/h1-9,12H,10-11H2,(H,21,22)(H,23,24). The number of anilines is 3. The summed E-state index contributed by atoms with van der Waals surface area (Å²) in [4.78, 5) is 0. The van der Waals surface area contributed by atoms with Crippen molar-refractivity contribution in [2.75, 3.05) is 15.8 Å². The third-order valence-electron chi connectivity index (χ3n) is 3.62. The number of sulfonamides is 1. The first-order valence-electron chi connectivity index (χ1n) is 8.01. The molecule has 27 heavy (non-hydrogen) atoms. The molecule has 0 bridgehead atoms. The molecule has 0 aliphatic heterocycles. The molecule has 0 unspecified atom stereocenters. The van der Waals surface area contributed by atoms with Gasteiger partial charge in [0, 0.05) is 11.8 Å². The molecule has 3 rings (SSSR count). The summed E-state index contributed by atoms with van der Waals surface area (Å²) >= 11 is 0. The molecule has 0 atom stereocenters. The second kappa shape index (κ2) is 8.09. The Labute approximate surface area is 155 Å². The van der Waals surface area contributed by atoms with E-state index in [2.05, 4.69) is 20.2 Å². The lowest BCUT2D eigenvalue weighted by Gasteiger charge is -2.08. The van der Waals surface area contributed by atoms with Gasteiger partial charge in [-0.15, -0.1) is 10.2 Å². The highest BCUT2D eigenvalue weighted by molar-refractivity contribution is 7.92. The maximum atomic E-state index is 13.2. The van der Waals surface area contributed by atoms with Crippen LogP contribution in [0.4, 0.5) is 26.1 Å². The summed E-state index contributed by atoms with van der Waals surface area (Å²) in [5.41, 5.74) is 1.21. The first-order chi connectivity index (χ1) is 12.9. The van der Waals surface area contributed by atoms with Crippen LogP contribution >= 0.6 is 0 Å². The topological polar surface area (TPSA) is 84.0 Å². The highest BCUT2D eigenvalue weighted by Crippen LogP contribution is 2.18. The molecular formula is C18H16F2N4O2S. The summed E-state index contributed by atoms with van der Waals surface area (Å²) < 4.78 is 52.8. The van der Waals surface area contributed by atoms with Gasteiger partial charge in [0.1, 0.15) is 0 Å². The molecule has 2 N–H and O–H groups in total. The molecule has 0 fully saturated rings. The zero-order chi connectivity index (χ0) is 19.3. The highest BCUT2D eigenvalue weighted by atomic mass is 32.2. The lowest BCUT2D eigenvalue weighted by molar-refractivity contribution is 0.509. The zero-order valence-electron chi connectivity index (χ0n) is 14.1. The third-order valence-corrected chi connectivity index (χ3v) is 4.88. The van der Waals surface area contributed by atoms with Gasteiger partial charge in [-0.3, -0.25) is 4.72 Å². The SMILES string of the molecule is O=S(=O)(CCc1ccccc1)Nc1ccc(Nc2ccc(F)c(F)c2)nn1. The number of aromatic nitrogens is 2. The monoisotopic (exact) mass is 390 g/mol. The van der Waals surface area contributed by atoms with Crippen LogP contribution in [0.1, 0.15) is 5.56 Å². The fraction of sp³-hybridized carbons (Fsp3) is 0.111. The first kappa shape index (κ1) is 18.7. The van der Waals surface area contributed by atoms with Crippen LogP contribution in [-0.4, -0.2) is 24.4 Å². The van der Waals surface area contributed by atoms with Crippen molar-refractivity contribution in [3.63, 3.8) is 0 Å². The number of halogens is 2. The van der Waals surface area contributed by atoms with Crippen molar-refractivity contribution in [2.45, 2.75) is 6.42 Å². The minimum absolute atomic E-state index is 0.0684. The second-order valence-electron chi connectivity index (χ2n) is 5.71. The van der Waals surface area contributed by atoms with Crippen LogP contribution in [0.25, 0.3) is 0 Å². The number of nitrogens with zero attached hydrogens (tertiary/aromatic N) is 2. The highest BCUT2D eigenvalue weighted by Gasteiger charge is 2.12. The Morgan fingerprint density at radius 1 is 0.852 bits per heavy atom. The van der Waals surface area contributed by atoms with Crippen molar-refractivity contribution in [1.29, 1.82) is 0 Å². The Bertz CT molecular complexity index is 1010. The minimum Gasteiger partial charge on any atom is -0.339 e. The molecule has 3 aromatic rings. The predicted molar refractivity (Wildman–Crippen MR) is 99.2 cm³/mol. The van der Waals surface area contributed by atoms with Crippen molar-refractivity contribution < 1.29 is 17.2 Å². The Kier molecular flexibility index (Phi) is 5.60. The number of nitrogens with one attached hydrogen (secondary N) is 2. The summed E-state index contributed by atoms with van der Waals surface area (Å²) in [5.74, 6) is -1.71. The second-order valence-corrected chi connectivity index (χ2v) is 7.56. The van der Waals surface area contributed by atoms with Crippen LogP contribution < -0.4 is 10.0 Å². The zero-order valence-corrected chi connectivity index (χ0v) is 14.9. The van der Waals surface area contributed by atoms with Crippen molar-refractivity contribution in [3.05, 3.63) is 77.9 Å². The van der Waals surface area contributed by atoms with Crippen LogP contribution in [0, 0.1) is 11.6 Å². The number of rotatable bonds is 7. The largest absolute Gasteiger partial charge is 0.339 e. The van der Waals surface area contributed by atoms with Gasteiger partial charge in [0.05, 0.1) is 5.75 Å². The van der Waals surface area contributed by atoms with Crippen molar-refractivity contribution in [3.8, 4) is 0 Å². The van der Waals surface area contributed by atoms with Crippen LogP contribution in [0.3, 0.4) is 0 Å². The molecule has 0 radical (unpaired) electrons.